The fraction of sp³-hybridized carbons (Fsp3) is 0.647. The van der Waals surface area contributed by atoms with Gasteiger partial charge in [-0.2, -0.15) is 0 Å². The largest absolute Gasteiger partial charge is 0.491 e. The number of aliphatic hydroxyl groups excluding tert-OH is 1. The third-order valence-corrected chi connectivity index (χ3v) is 2.97. The molecule has 0 aromatic heterocycles. The van der Waals surface area contributed by atoms with Crippen LogP contribution >= 0.6 is 0 Å². The zero-order chi connectivity index (χ0) is 13.8. The fourth-order valence-electron chi connectivity index (χ4n) is 2.59. The zero-order valence-electron chi connectivity index (χ0n) is 12.3. The molecule has 1 N–H and O–H groups in total. The van der Waals surface area contributed by atoms with Gasteiger partial charge in [-0.15, -0.1) is 0 Å². The molecule has 1 aromatic carbocycles. The molecule has 0 saturated carbocycles. The van der Waals surface area contributed by atoms with Crippen molar-refractivity contribution >= 4 is 0 Å². The van der Waals surface area contributed by atoms with E-state index in [2.05, 4.69) is 46.8 Å². The molecule has 0 bridgehead atoms. The van der Waals surface area contributed by atoms with E-state index in [-0.39, 0.29) is 19.4 Å². The summed E-state index contributed by atoms with van der Waals surface area (Å²) in [7, 11) is 0. The molecule has 0 unspecified atom stereocenters. The van der Waals surface area contributed by atoms with Gasteiger partial charge in [-0.25, -0.2) is 0 Å². The van der Waals surface area contributed by atoms with E-state index in [1.165, 1.54) is 5.56 Å². The lowest BCUT2D eigenvalue weighted by Gasteiger charge is -2.33. The Morgan fingerprint density at radius 2 is 1.53 bits per heavy atom. The third-order valence-electron chi connectivity index (χ3n) is 2.97. The highest BCUT2D eigenvalue weighted by Gasteiger charge is 2.27. The quantitative estimate of drug-likeness (QED) is 0.855. The van der Waals surface area contributed by atoms with E-state index < -0.39 is 0 Å². The Balaban J connectivity index is 0.00000324. The van der Waals surface area contributed by atoms with E-state index >= 15 is 0 Å². The van der Waals surface area contributed by atoms with Crippen molar-refractivity contribution in [3.05, 3.63) is 29.8 Å². The van der Waals surface area contributed by atoms with Gasteiger partial charge in [0.15, 0.2) is 0 Å². The third kappa shape index (κ3) is 6.11. The average Bonchev–Trinajstić information content (AvgIpc) is 2.23. The van der Waals surface area contributed by atoms with Crippen LogP contribution in [0.4, 0.5) is 0 Å². The fourth-order valence-corrected chi connectivity index (χ4v) is 2.59. The van der Waals surface area contributed by atoms with Crippen LogP contribution in [0.25, 0.3) is 0 Å². The van der Waals surface area contributed by atoms with Crippen molar-refractivity contribution in [1.29, 1.82) is 0 Å². The van der Waals surface area contributed by atoms with Crippen LogP contribution in [-0.4, -0.2) is 18.3 Å². The lowest BCUT2D eigenvalue weighted by Crippen LogP contribution is -2.24. The molecular formula is C17H30O2. The van der Waals surface area contributed by atoms with Gasteiger partial charge in [-0.05, 0) is 34.9 Å². The summed E-state index contributed by atoms with van der Waals surface area (Å²) in [6.45, 7) is 11.8. The van der Waals surface area contributed by atoms with Crippen LogP contribution in [0, 0.1) is 5.41 Å². The molecular weight excluding hydrogens is 236 g/mol. The minimum absolute atomic E-state index is 0. The van der Waals surface area contributed by atoms with Crippen LogP contribution in [0.2, 0.25) is 0 Å². The molecule has 0 saturated heterocycles. The van der Waals surface area contributed by atoms with Gasteiger partial charge in [-0.3, -0.25) is 0 Å². The van der Waals surface area contributed by atoms with Gasteiger partial charge in [0.1, 0.15) is 12.4 Å². The molecule has 19 heavy (non-hydrogen) atoms. The summed E-state index contributed by atoms with van der Waals surface area (Å²) in [5.41, 5.74) is 1.80. The van der Waals surface area contributed by atoms with Crippen molar-refractivity contribution in [3.8, 4) is 5.75 Å². The first kappa shape index (κ1) is 18.0. The van der Waals surface area contributed by atoms with E-state index in [1.807, 2.05) is 12.1 Å². The molecule has 0 atom stereocenters. The van der Waals surface area contributed by atoms with Gasteiger partial charge in [0.25, 0.3) is 0 Å². The van der Waals surface area contributed by atoms with Crippen molar-refractivity contribution in [2.75, 3.05) is 13.2 Å². The Labute approximate surface area is 118 Å². The van der Waals surface area contributed by atoms with Gasteiger partial charge < -0.3 is 9.84 Å². The van der Waals surface area contributed by atoms with Crippen molar-refractivity contribution in [2.24, 2.45) is 5.41 Å². The van der Waals surface area contributed by atoms with E-state index in [4.69, 9.17) is 9.84 Å². The molecule has 0 aliphatic heterocycles. The standard InChI is InChI=1S/C16H26O2.CH4/c1-15(2,3)12-16(4,5)13-6-8-14(9-7-13)18-11-10-17;/h6-9,17H,10-12H2,1-5H3;1H4. The predicted octanol–water partition coefficient (Wildman–Crippen LogP) is 4.41. The second-order valence-corrected chi connectivity index (χ2v) is 6.72. The maximum Gasteiger partial charge on any atom is 0.119 e. The predicted molar refractivity (Wildman–Crippen MR) is 82.9 cm³/mol. The normalized spacial score (nSPS) is 11.9. The number of benzene rings is 1. The molecule has 1 rings (SSSR count). The highest BCUT2D eigenvalue weighted by Crippen LogP contribution is 2.36. The Kier molecular flexibility index (Phi) is 6.58. The summed E-state index contributed by atoms with van der Waals surface area (Å²) < 4.78 is 5.37. The van der Waals surface area contributed by atoms with E-state index in [9.17, 15) is 0 Å². The first-order valence-corrected chi connectivity index (χ1v) is 6.59. The Bertz CT molecular complexity index is 358. The van der Waals surface area contributed by atoms with E-state index in [1.54, 1.807) is 0 Å². The molecule has 0 spiro atoms. The zero-order valence-corrected chi connectivity index (χ0v) is 12.3. The minimum atomic E-state index is 0. The second-order valence-electron chi connectivity index (χ2n) is 6.72. The highest BCUT2D eigenvalue weighted by atomic mass is 16.5. The summed E-state index contributed by atoms with van der Waals surface area (Å²) in [6, 6.07) is 8.21. The number of rotatable bonds is 5. The molecule has 0 aliphatic rings. The number of ether oxygens (including phenoxy) is 1. The van der Waals surface area contributed by atoms with E-state index in [0.29, 0.717) is 12.0 Å². The van der Waals surface area contributed by atoms with Crippen molar-refractivity contribution in [3.63, 3.8) is 0 Å². The minimum Gasteiger partial charge on any atom is -0.491 e. The van der Waals surface area contributed by atoms with Crippen LogP contribution in [0.15, 0.2) is 24.3 Å². The Hall–Kier alpha value is -1.02. The molecule has 2 nitrogen and oxygen atoms in total. The first-order chi connectivity index (χ1) is 8.24. The van der Waals surface area contributed by atoms with Crippen LogP contribution in [-0.2, 0) is 5.41 Å². The summed E-state index contributed by atoms with van der Waals surface area (Å²) in [5, 5.41) is 8.71. The summed E-state index contributed by atoms with van der Waals surface area (Å²) in [6.07, 6.45) is 1.14. The van der Waals surface area contributed by atoms with Crippen molar-refractivity contribution in [1.82, 2.24) is 0 Å². The van der Waals surface area contributed by atoms with Gasteiger partial charge in [-0.1, -0.05) is 54.2 Å². The molecule has 0 aliphatic carbocycles. The van der Waals surface area contributed by atoms with Crippen LogP contribution in [0.3, 0.4) is 0 Å². The van der Waals surface area contributed by atoms with Crippen LogP contribution in [0.1, 0.15) is 54.0 Å². The van der Waals surface area contributed by atoms with Gasteiger partial charge in [0, 0.05) is 0 Å². The monoisotopic (exact) mass is 266 g/mol. The molecule has 0 fully saturated rings. The molecule has 0 heterocycles. The van der Waals surface area contributed by atoms with E-state index in [0.717, 1.165) is 12.2 Å². The van der Waals surface area contributed by atoms with Gasteiger partial charge in [0.05, 0.1) is 6.61 Å². The first-order valence-electron chi connectivity index (χ1n) is 6.59. The Morgan fingerprint density at radius 3 is 1.95 bits per heavy atom. The summed E-state index contributed by atoms with van der Waals surface area (Å²) in [4.78, 5) is 0. The van der Waals surface area contributed by atoms with Crippen molar-refractivity contribution < 1.29 is 9.84 Å². The number of hydrogen-bond acceptors (Lipinski definition) is 2. The second kappa shape index (κ2) is 6.95. The maximum atomic E-state index is 8.71. The van der Waals surface area contributed by atoms with Crippen LogP contribution < -0.4 is 4.74 Å². The molecule has 2 heteroatoms. The van der Waals surface area contributed by atoms with Gasteiger partial charge in [0.2, 0.25) is 0 Å². The summed E-state index contributed by atoms with van der Waals surface area (Å²) in [5.74, 6) is 0.819. The molecule has 110 valence electrons. The molecule has 0 amide bonds. The Morgan fingerprint density at radius 1 is 1.00 bits per heavy atom. The smallest absolute Gasteiger partial charge is 0.119 e. The van der Waals surface area contributed by atoms with Gasteiger partial charge >= 0.3 is 0 Å². The molecule has 0 radical (unpaired) electrons. The highest BCUT2D eigenvalue weighted by molar-refractivity contribution is 5.31. The van der Waals surface area contributed by atoms with Crippen molar-refractivity contribution in [2.45, 2.75) is 53.9 Å². The SMILES string of the molecule is C.CC(C)(C)CC(C)(C)c1ccc(OCCO)cc1. The summed E-state index contributed by atoms with van der Waals surface area (Å²) >= 11 is 0. The molecule has 1 aromatic rings. The van der Waals surface area contributed by atoms with Crippen LogP contribution in [0.5, 0.6) is 5.75 Å². The maximum absolute atomic E-state index is 8.71. The lowest BCUT2D eigenvalue weighted by atomic mass is 9.72. The number of hydrogen-bond donors (Lipinski definition) is 1. The average molecular weight is 266 g/mol. The lowest BCUT2D eigenvalue weighted by molar-refractivity contribution is 0.201. The topological polar surface area (TPSA) is 29.5 Å². The number of aliphatic hydroxyl groups is 1.